The van der Waals surface area contributed by atoms with E-state index in [1.807, 2.05) is 20.8 Å². The molecule has 1 amide bonds. The van der Waals surface area contributed by atoms with E-state index in [1.165, 1.54) is 18.2 Å². The highest BCUT2D eigenvalue weighted by Gasteiger charge is 2.71. The van der Waals surface area contributed by atoms with Gasteiger partial charge in [0, 0.05) is 24.0 Å². The van der Waals surface area contributed by atoms with Crippen LogP contribution in [0.3, 0.4) is 0 Å². The molecular weight excluding hydrogens is 446 g/mol. The van der Waals surface area contributed by atoms with Gasteiger partial charge in [-0.05, 0) is 36.5 Å². The lowest BCUT2D eigenvalue weighted by molar-refractivity contribution is -0.384. The lowest BCUT2D eigenvalue weighted by atomic mass is 9.64. The van der Waals surface area contributed by atoms with Crippen molar-refractivity contribution in [3.8, 4) is 0 Å². The fraction of sp³-hybridized carbons (Fsp3) is 0.375. The van der Waals surface area contributed by atoms with Gasteiger partial charge < -0.3 is 10.2 Å². The van der Waals surface area contributed by atoms with Crippen LogP contribution in [0.4, 0.5) is 11.4 Å². The Balaban J connectivity index is 1.59. The predicted octanol–water partition coefficient (Wildman–Crippen LogP) is 5.62. The van der Waals surface area contributed by atoms with Gasteiger partial charge in [0.2, 0.25) is 5.91 Å². The molecule has 0 spiro atoms. The van der Waals surface area contributed by atoms with Crippen LogP contribution in [0, 0.1) is 26.4 Å². The van der Waals surface area contributed by atoms with E-state index in [-0.39, 0.29) is 17.2 Å². The molecule has 33 heavy (non-hydrogen) atoms. The molecule has 2 aliphatic rings. The third-order valence-electron chi connectivity index (χ3n) is 7.82. The summed E-state index contributed by atoms with van der Waals surface area (Å²) in [6, 6.07) is 12.4. The molecular formula is C24H24ClN3O5. The minimum atomic E-state index is -0.787. The van der Waals surface area contributed by atoms with Gasteiger partial charge in [0.1, 0.15) is 0 Å². The average molecular weight is 470 g/mol. The van der Waals surface area contributed by atoms with Crippen molar-refractivity contribution < 1.29 is 19.3 Å². The van der Waals surface area contributed by atoms with Crippen LogP contribution in [0.5, 0.6) is 0 Å². The first kappa shape index (κ1) is 22.9. The molecule has 0 heterocycles. The van der Waals surface area contributed by atoms with Gasteiger partial charge in [-0.15, -0.1) is 0 Å². The number of benzene rings is 2. The molecule has 0 aliphatic heterocycles. The molecule has 2 bridgehead atoms. The lowest BCUT2D eigenvalue weighted by Gasteiger charge is -2.39. The molecule has 2 aliphatic carbocycles. The van der Waals surface area contributed by atoms with Gasteiger partial charge >= 0.3 is 5.97 Å². The molecule has 1 N–H and O–H groups in total. The molecule has 9 heteroatoms. The smallest absolute Gasteiger partial charge is 0.324 e. The normalized spacial score (nSPS) is 26.2. The van der Waals surface area contributed by atoms with Crippen molar-refractivity contribution in [2.24, 2.45) is 21.4 Å². The minimum absolute atomic E-state index is 0.0345. The summed E-state index contributed by atoms with van der Waals surface area (Å²) in [5, 5.41) is 18.6. The number of carbonyl (C=O) groups is 2. The topological polar surface area (TPSA) is 111 Å². The summed E-state index contributed by atoms with van der Waals surface area (Å²) in [6.45, 7) is 6.11. The molecule has 0 saturated heterocycles. The first-order valence-corrected chi connectivity index (χ1v) is 11.0. The van der Waals surface area contributed by atoms with Gasteiger partial charge in [0.25, 0.3) is 5.69 Å². The van der Waals surface area contributed by atoms with E-state index < -0.39 is 27.1 Å². The van der Waals surface area contributed by atoms with Gasteiger partial charge in [-0.3, -0.25) is 14.9 Å². The van der Waals surface area contributed by atoms with E-state index >= 15 is 0 Å². The number of nitrogens with one attached hydrogen (secondary N) is 1. The molecule has 4 rings (SSSR count). The van der Waals surface area contributed by atoms with Crippen molar-refractivity contribution >= 4 is 40.6 Å². The molecule has 8 nitrogen and oxygen atoms in total. The largest absolute Gasteiger partial charge is 0.365 e. The predicted molar refractivity (Wildman–Crippen MR) is 124 cm³/mol. The number of fused-ring (bicyclic) bond motifs is 2. The van der Waals surface area contributed by atoms with Crippen LogP contribution in [0.2, 0.25) is 5.02 Å². The number of amides is 1. The van der Waals surface area contributed by atoms with Crippen molar-refractivity contribution in [1.82, 2.24) is 0 Å². The molecule has 0 radical (unpaired) electrons. The second-order valence-electron chi connectivity index (χ2n) is 9.37. The van der Waals surface area contributed by atoms with Crippen LogP contribution >= 0.6 is 11.6 Å². The van der Waals surface area contributed by atoms with E-state index in [9.17, 15) is 19.7 Å². The first-order chi connectivity index (χ1) is 15.5. The summed E-state index contributed by atoms with van der Waals surface area (Å²) in [5.74, 6) is -0.926. The van der Waals surface area contributed by atoms with Gasteiger partial charge in [-0.2, -0.15) is 0 Å². The summed E-state index contributed by atoms with van der Waals surface area (Å²) in [7, 11) is 0. The molecule has 2 atom stereocenters. The van der Waals surface area contributed by atoms with Crippen molar-refractivity contribution in [1.29, 1.82) is 0 Å². The number of hydrogen-bond acceptors (Lipinski definition) is 6. The van der Waals surface area contributed by atoms with Crippen LogP contribution in [-0.2, 0) is 9.63 Å². The number of hydrogen-bond donors (Lipinski definition) is 1. The number of carbonyl (C=O) groups excluding carboxylic acids is 2. The van der Waals surface area contributed by atoms with E-state index in [1.54, 1.807) is 24.3 Å². The molecule has 2 aromatic carbocycles. The maximum Gasteiger partial charge on any atom is 0.365 e. The zero-order valence-electron chi connectivity index (χ0n) is 18.6. The zero-order valence-corrected chi connectivity index (χ0v) is 19.3. The van der Waals surface area contributed by atoms with E-state index in [2.05, 4.69) is 10.5 Å². The van der Waals surface area contributed by atoms with Crippen molar-refractivity contribution in [2.75, 3.05) is 5.32 Å². The summed E-state index contributed by atoms with van der Waals surface area (Å²) in [5.41, 5.74) is -0.641. The van der Waals surface area contributed by atoms with Crippen molar-refractivity contribution in [3.05, 3.63) is 69.2 Å². The Morgan fingerprint density at radius 3 is 2.55 bits per heavy atom. The Morgan fingerprint density at radius 2 is 1.85 bits per heavy atom. The Labute approximate surface area is 196 Å². The van der Waals surface area contributed by atoms with E-state index in [4.69, 9.17) is 16.4 Å². The molecule has 0 aromatic heterocycles. The Bertz CT molecular complexity index is 1190. The quantitative estimate of drug-likeness (QED) is 0.347. The number of nitro benzene ring substituents is 1. The average Bonchev–Trinajstić information content (AvgIpc) is 3.09. The molecule has 2 aromatic rings. The maximum atomic E-state index is 13.5. The molecule has 2 fully saturated rings. The highest BCUT2D eigenvalue weighted by molar-refractivity contribution is 6.33. The van der Waals surface area contributed by atoms with E-state index in [0.717, 1.165) is 6.07 Å². The van der Waals surface area contributed by atoms with E-state index in [0.29, 0.717) is 35.7 Å². The Kier molecular flexibility index (Phi) is 5.52. The van der Waals surface area contributed by atoms with Crippen LogP contribution in [0.15, 0.2) is 53.7 Å². The van der Waals surface area contributed by atoms with Gasteiger partial charge in [0.15, 0.2) is 0 Å². The fourth-order valence-corrected chi connectivity index (χ4v) is 5.41. The van der Waals surface area contributed by atoms with Gasteiger partial charge in [-0.1, -0.05) is 55.7 Å². The minimum Gasteiger partial charge on any atom is -0.324 e. The lowest BCUT2D eigenvalue weighted by Crippen LogP contribution is -2.43. The number of oxime groups is 1. The first-order valence-electron chi connectivity index (χ1n) is 10.6. The second kappa shape index (κ2) is 7.95. The third-order valence-corrected chi connectivity index (χ3v) is 8.15. The number of nitro groups is 1. The summed E-state index contributed by atoms with van der Waals surface area (Å²) < 4.78 is 0. The number of para-hydroxylation sites is 1. The van der Waals surface area contributed by atoms with Crippen LogP contribution in [0.1, 0.15) is 50.4 Å². The van der Waals surface area contributed by atoms with Crippen molar-refractivity contribution in [3.63, 3.8) is 0 Å². The van der Waals surface area contributed by atoms with Crippen LogP contribution < -0.4 is 5.32 Å². The van der Waals surface area contributed by atoms with Crippen molar-refractivity contribution in [2.45, 2.75) is 40.0 Å². The Morgan fingerprint density at radius 1 is 1.12 bits per heavy atom. The standard InChI is InChI=1S/C24H24ClN3O5/c1-22(2)23(3)11-12-24(22,21(30)26-18-10-5-4-9-17(18)25)14-19(23)27-33-20(29)15-7-6-8-16(13-15)28(31)32/h4-10,13H,11-12,14H2,1-3H3,(H,26,30). The Hall–Kier alpha value is -3.26. The maximum absolute atomic E-state index is 13.5. The second-order valence-corrected chi connectivity index (χ2v) is 9.78. The number of halogens is 1. The number of nitrogens with zero attached hydrogens (tertiary/aromatic N) is 2. The molecule has 2 unspecified atom stereocenters. The molecule has 2 saturated carbocycles. The van der Waals surface area contributed by atoms with Crippen LogP contribution in [0.25, 0.3) is 0 Å². The fourth-order valence-electron chi connectivity index (χ4n) is 5.22. The summed E-state index contributed by atoms with van der Waals surface area (Å²) in [6.07, 6.45) is 1.72. The zero-order chi connectivity index (χ0) is 24.0. The third kappa shape index (κ3) is 3.49. The summed E-state index contributed by atoms with van der Waals surface area (Å²) in [4.78, 5) is 41.6. The SMILES string of the molecule is CC12CCC(C(=O)Nc3ccccc3Cl)(CC1=NOC(=O)c1cccc([N+](=O)[O-])c1)C2(C)C. The summed E-state index contributed by atoms with van der Waals surface area (Å²) >= 11 is 6.24. The monoisotopic (exact) mass is 469 g/mol. The highest BCUT2D eigenvalue weighted by Crippen LogP contribution is 2.71. The molecule has 172 valence electrons. The van der Waals surface area contributed by atoms with Gasteiger partial charge in [-0.25, -0.2) is 4.79 Å². The van der Waals surface area contributed by atoms with Crippen LogP contribution in [-0.4, -0.2) is 22.5 Å². The number of rotatable bonds is 5. The van der Waals surface area contributed by atoms with Gasteiger partial charge in [0.05, 0.1) is 32.3 Å². The highest BCUT2D eigenvalue weighted by atomic mass is 35.5. The number of non-ortho nitro benzene ring substituents is 1. The number of anilines is 1.